The fourth-order valence-electron chi connectivity index (χ4n) is 2.06. The van der Waals surface area contributed by atoms with Crippen LogP contribution in [0.1, 0.15) is 30.0 Å². The summed E-state index contributed by atoms with van der Waals surface area (Å²) < 4.78 is 27.2. The summed E-state index contributed by atoms with van der Waals surface area (Å²) in [6, 6.07) is 6.85. The highest BCUT2D eigenvalue weighted by atomic mass is 32.2. The SMILES string of the molecule is CNCc1ccc(S(=O)(=O)Nc2nc(C3CC3)cs2)cc1. The zero-order valence-corrected chi connectivity index (χ0v) is 13.3. The highest BCUT2D eigenvalue weighted by molar-refractivity contribution is 7.93. The first-order chi connectivity index (χ1) is 10.1. The predicted molar refractivity (Wildman–Crippen MR) is 84.1 cm³/mol. The molecule has 1 aliphatic carbocycles. The van der Waals surface area contributed by atoms with Gasteiger partial charge in [-0.15, -0.1) is 11.3 Å². The molecule has 0 spiro atoms. The third kappa shape index (κ3) is 3.42. The number of thiazole rings is 1. The standard InChI is InChI=1S/C14H17N3O2S2/c1-15-8-10-2-6-12(7-3-10)21(18,19)17-14-16-13(9-20-14)11-4-5-11/h2-3,6-7,9,11,15H,4-5,8H2,1H3,(H,16,17). The minimum absolute atomic E-state index is 0.255. The minimum Gasteiger partial charge on any atom is -0.316 e. The predicted octanol–water partition coefficient (Wildman–Crippen LogP) is 2.54. The summed E-state index contributed by atoms with van der Waals surface area (Å²) in [4.78, 5) is 4.60. The molecule has 0 unspecified atom stereocenters. The minimum atomic E-state index is -3.56. The fraction of sp³-hybridized carbons (Fsp3) is 0.357. The molecule has 2 N–H and O–H groups in total. The Hall–Kier alpha value is -1.44. The quantitative estimate of drug-likeness (QED) is 0.857. The Kier molecular flexibility index (Phi) is 3.97. The van der Waals surface area contributed by atoms with Gasteiger partial charge in [0.2, 0.25) is 0 Å². The molecular formula is C14H17N3O2S2. The average Bonchev–Trinajstić information content (AvgIpc) is 3.21. The van der Waals surface area contributed by atoms with E-state index < -0.39 is 10.0 Å². The molecule has 5 nitrogen and oxygen atoms in total. The molecule has 7 heteroatoms. The Balaban J connectivity index is 1.75. The lowest BCUT2D eigenvalue weighted by Gasteiger charge is -2.06. The van der Waals surface area contributed by atoms with Gasteiger partial charge in [0.25, 0.3) is 10.0 Å². The first kappa shape index (κ1) is 14.5. The monoisotopic (exact) mass is 323 g/mol. The molecule has 0 amide bonds. The van der Waals surface area contributed by atoms with Gasteiger partial charge in [-0.25, -0.2) is 13.4 Å². The van der Waals surface area contributed by atoms with Crippen molar-refractivity contribution in [3.05, 3.63) is 40.9 Å². The van der Waals surface area contributed by atoms with Crippen LogP contribution >= 0.6 is 11.3 Å². The van der Waals surface area contributed by atoms with E-state index in [1.54, 1.807) is 12.1 Å². The number of anilines is 1. The van der Waals surface area contributed by atoms with Crippen molar-refractivity contribution in [3.63, 3.8) is 0 Å². The first-order valence-electron chi connectivity index (χ1n) is 6.80. The molecular weight excluding hydrogens is 306 g/mol. The van der Waals surface area contributed by atoms with Gasteiger partial charge in [0, 0.05) is 17.8 Å². The summed E-state index contributed by atoms with van der Waals surface area (Å²) in [7, 11) is -1.71. The van der Waals surface area contributed by atoms with E-state index in [0.717, 1.165) is 24.1 Å². The van der Waals surface area contributed by atoms with E-state index in [0.29, 0.717) is 17.6 Å². The maximum atomic E-state index is 12.3. The topological polar surface area (TPSA) is 71.1 Å². The molecule has 3 rings (SSSR count). The third-order valence-corrected chi connectivity index (χ3v) is 5.61. The van der Waals surface area contributed by atoms with E-state index in [1.807, 2.05) is 24.6 Å². The molecule has 1 heterocycles. The van der Waals surface area contributed by atoms with E-state index in [-0.39, 0.29) is 4.90 Å². The van der Waals surface area contributed by atoms with Gasteiger partial charge in [0.05, 0.1) is 10.6 Å². The highest BCUT2D eigenvalue weighted by Gasteiger charge is 2.26. The molecule has 1 aliphatic rings. The van der Waals surface area contributed by atoms with Gasteiger partial charge < -0.3 is 5.32 Å². The number of nitrogens with zero attached hydrogens (tertiary/aromatic N) is 1. The van der Waals surface area contributed by atoms with Crippen LogP contribution < -0.4 is 10.0 Å². The van der Waals surface area contributed by atoms with Gasteiger partial charge >= 0.3 is 0 Å². The zero-order chi connectivity index (χ0) is 14.9. The van der Waals surface area contributed by atoms with E-state index in [4.69, 9.17) is 0 Å². The Morgan fingerprint density at radius 3 is 2.62 bits per heavy atom. The Bertz CT molecular complexity index is 719. The van der Waals surface area contributed by atoms with E-state index in [2.05, 4.69) is 15.0 Å². The van der Waals surface area contributed by atoms with Gasteiger partial charge in [-0.1, -0.05) is 12.1 Å². The van der Waals surface area contributed by atoms with Crippen molar-refractivity contribution < 1.29 is 8.42 Å². The maximum Gasteiger partial charge on any atom is 0.263 e. The van der Waals surface area contributed by atoms with Crippen LogP contribution in [-0.4, -0.2) is 20.4 Å². The molecule has 1 saturated carbocycles. The van der Waals surface area contributed by atoms with Crippen molar-refractivity contribution in [1.29, 1.82) is 0 Å². The number of hydrogen-bond donors (Lipinski definition) is 2. The van der Waals surface area contributed by atoms with Crippen molar-refractivity contribution in [2.24, 2.45) is 0 Å². The van der Waals surface area contributed by atoms with Crippen LogP contribution in [0.3, 0.4) is 0 Å². The summed E-state index contributed by atoms with van der Waals surface area (Å²) in [5, 5.41) is 5.40. The molecule has 0 radical (unpaired) electrons. The maximum absolute atomic E-state index is 12.3. The lowest BCUT2D eigenvalue weighted by atomic mass is 10.2. The Morgan fingerprint density at radius 2 is 2.00 bits per heavy atom. The second-order valence-electron chi connectivity index (χ2n) is 5.13. The molecule has 1 aromatic carbocycles. The lowest BCUT2D eigenvalue weighted by Crippen LogP contribution is -2.13. The Labute approximate surface area is 128 Å². The van der Waals surface area contributed by atoms with Crippen LogP contribution in [0.5, 0.6) is 0 Å². The van der Waals surface area contributed by atoms with Gasteiger partial charge in [0.15, 0.2) is 5.13 Å². The highest BCUT2D eigenvalue weighted by Crippen LogP contribution is 2.41. The van der Waals surface area contributed by atoms with Crippen LogP contribution in [0.2, 0.25) is 0 Å². The van der Waals surface area contributed by atoms with Crippen molar-refractivity contribution in [3.8, 4) is 0 Å². The molecule has 0 bridgehead atoms. The molecule has 112 valence electrons. The van der Waals surface area contributed by atoms with Gasteiger partial charge in [-0.05, 0) is 37.6 Å². The average molecular weight is 323 g/mol. The number of hydrogen-bond acceptors (Lipinski definition) is 5. The largest absolute Gasteiger partial charge is 0.316 e. The van der Waals surface area contributed by atoms with Crippen molar-refractivity contribution in [1.82, 2.24) is 10.3 Å². The van der Waals surface area contributed by atoms with E-state index in [9.17, 15) is 8.42 Å². The molecule has 0 atom stereocenters. The summed E-state index contributed by atoms with van der Waals surface area (Å²) in [6.45, 7) is 0.713. The summed E-state index contributed by atoms with van der Waals surface area (Å²) >= 11 is 1.34. The third-order valence-electron chi connectivity index (χ3n) is 3.35. The molecule has 1 fully saturated rings. The Morgan fingerprint density at radius 1 is 1.29 bits per heavy atom. The fourth-order valence-corrected chi connectivity index (χ4v) is 4.11. The first-order valence-corrected chi connectivity index (χ1v) is 9.16. The van der Waals surface area contributed by atoms with Gasteiger partial charge in [-0.2, -0.15) is 0 Å². The molecule has 0 saturated heterocycles. The van der Waals surface area contributed by atoms with Crippen molar-refractivity contribution >= 4 is 26.5 Å². The normalized spacial score (nSPS) is 15.1. The molecule has 0 aliphatic heterocycles. The molecule has 2 aromatic rings. The number of sulfonamides is 1. The smallest absolute Gasteiger partial charge is 0.263 e. The van der Waals surface area contributed by atoms with Crippen LogP contribution in [0.4, 0.5) is 5.13 Å². The number of nitrogens with one attached hydrogen (secondary N) is 2. The van der Waals surface area contributed by atoms with Gasteiger partial charge in [0.1, 0.15) is 0 Å². The van der Waals surface area contributed by atoms with Crippen LogP contribution in [0.15, 0.2) is 34.5 Å². The molecule has 1 aromatic heterocycles. The summed E-state index contributed by atoms with van der Waals surface area (Å²) in [5.74, 6) is 0.528. The second-order valence-corrected chi connectivity index (χ2v) is 7.67. The zero-order valence-electron chi connectivity index (χ0n) is 11.7. The van der Waals surface area contributed by atoms with Gasteiger partial charge in [-0.3, -0.25) is 4.72 Å². The summed E-state index contributed by atoms with van der Waals surface area (Å²) in [6.07, 6.45) is 2.31. The van der Waals surface area contributed by atoms with Crippen LogP contribution in [-0.2, 0) is 16.6 Å². The van der Waals surface area contributed by atoms with E-state index in [1.165, 1.54) is 11.3 Å². The molecule has 21 heavy (non-hydrogen) atoms. The lowest BCUT2D eigenvalue weighted by molar-refractivity contribution is 0.601. The number of benzene rings is 1. The van der Waals surface area contributed by atoms with Crippen LogP contribution in [0.25, 0.3) is 0 Å². The van der Waals surface area contributed by atoms with E-state index >= 15 is 0 Å². The number of aromatic nitrogens is 1. The second kappa shape index (κ2) is 5.75. The van der Waals surface area contributed by atoms with Crippen LogP contribution in [0, 0.1) is 0 Å². The van der Waals surface area contributed by atoms with Crippen molar-refractivity contribution in [2.75, 3.05) is 11.8 Å². The van der Waals surface area contributed by atoms with Crippen molar-refractivity contribution in [2.45, 2.75) is 30.2 Å². The number of rotatable bonds is 6. The summed E-state index contributed by atoms with van der Waals surface area (Å²) in [5.41, 5.74) is 2.05.